The predicted octanol–water partition coefficient (Wildman–Crippen LogP) is 5.45. The lowest BCUT2D eigenvalue weighted by Crippen LogP contribution is -2.26. The molecule has 5 heteroatoms. The van der Waals surface area contributed by atoms with E-state index in [1.54, 1.807) is 6.20 Å². The van der Waals surface area contributed by atoms with Gasteiger partial charge < -0.3 is 4.42 Å². The molecule has 0 fully saturated rings. The molecule has 0 radical (unpaired) electrons. The second-order valence-corrected chi connectivity index (χ2v) is 6.53. The normalized spacial score (nSPS) is 12.1. The van der Waals surface area contributed by atoms with E-state index in [-0.39, 0.29) is 6.04 Å². The Morgan fingerprint density at radius 2 is 1.85 bits per heavy atom. The van der Waals surface area contributed by atoms with E-state index in [9.17, 15) is 0 Å². The van der Waals surface area contributed by atoms with Crippen LogP contribution in [0.2, 0.25) is 5.02 Å². The summed E-state index contributed by atoms with van der Waals surface area (Å²) in [5, 5.41) is 9.64. The maximum atomic E-state index is 8.94. The van der Waals surface area contributed by atoms with Crippen LogP contribution in [0.15, 0.2) is 59.1 Å². The van der Waals surface area contributed by atoms with Crippen molar-refractivity contribution in [2.24, 2.45) is 0 Å². The molecule has 0 spiro atoms. The molecular formula is C21H20ClN3O. The van der Waals surface area contributed by atoms with Crippen molar-refractivity contribution in [2.45, 2.75) is 26.4 Å². The van der Waals surface area contributed by atoms with Crippen LogP contribution in [-0.4, -0.2) is 16.4 Å². The Labute approximate surface area is 158 Å². The molecule has 3 aromatic rings. The van der Waals surface area contributed by atoms with Crippen LogP contribution in [0.3, 0.4) is 0 Å². The van der Waals surface area contributed by atoms with E-state index in [2.05, 4.69) is 29.8 Å². The summed E-state index contributed by atoms with van der Waals surface area (Å²) in [5.41, 5.74) is 2.79. The molecule has 0 amide bonds. The van der Waals surface area contributed by atoms with Gasteiger partial charge in [0.05, 0.1) is 24.4 Å². The number of halogens is 1. The van der Waals surface area contributed by atoms with Crippen LogP contribution in [0.4, 0.5) is 0 Å². The van der Waals surface area contributed by atoms with Gasteiger partial charge in [0.1, 0.15) is 0 Å². The average Bonchev–Trinajstić information content (AvgIpc) is 3.15. The average molecular weight is 366 g/mol. The van der Waals surface area contributed by atoms with E-state index in [0.717, 1.165) is 23.4 Å². The lowest BCUT2D eigenvalue weighted by molar-refractivity contribution is 0.193. The number of hydrogen-bond acceptors (Lipinski definition) is 4. The minimum atomic E-state index is 0.193. The smallest absolute Gasteiger partial charge is 0.209 e. The second kappa shape index (κ2) is 8.18. The number of benzene rings is 2. The van der Waals surface area contributed by atoms with E-state index in [0.29, 0.717) is 23.0 Å². The van der Waals surface area contributed by atoms with Crippen molar-refractivity contribution >= 4 is 11.6 Å². The molecular weight excluding hydrogens is 346 g/mol. The van der Waals surface area contributed by atoms with Crippen molar-refractivity contribution in [3.05, 3.63) is 76.8 Å². The molecule has 1 aromatic heterocycles. The summed E-state index contributed by atoms with van der Waals surface area (Å²) < 4.78 is 5.93. The lowest BCUT2D eigenvalue weighted by atomic mass is 10.1. The van der Waals surface area contributed by atoms with E-state index in [1.807, 2.05) is 48.5 Å². The maximum Gasteiger partial charge on any atom is 0.209 e. The molecule has 0 aliphatic carbocycles. The first-order valence-electron chi connectivity index (χ1n) is 8.55. The van der Waals surface area contributed by atoms with Gasteiger partial charge >= 0.3 is 0 Å². The Balaban J connectivity index is 1.73. The minimum Gasteiger partial charge on any atom is -0.439 e. The molecule has 0 aliphatic heterocycles. The van der Waals surface area contributed by atoms with Crippen LogP contribution in [0.1, 0.15) is 36.9 Å². The third-order valence-electron chi connectivity index (χ3n) is 4.50. The number of nitrogens with zero attached hydrogens (tertiary/aromatic N) is 3. The molecule has 0 bridgehead atoms. The summed E-state index contributed by atoms with van der Waals surface area (Å²) in [7, 11) is 0. The van der Waals surface area contributed by atoms with E-state index >= 15 is 0 Å². The van der Waals surface area contributed by atoms with Gasteiger partial charge in [-0.25, -0.2) is 4.98 Å². The minimum absolute atomic E-state index is 0.193. The van der Waals surface area contributed by atoms with Crippen molar-refractivity contribution in [1.82, 2.24) is 9.88 Å². The van der Waals surface area contributed by atoms with Crippen molar-refractivity contribution in [3.63, 3.8) is 0 Å². The highest BCUT2D eigenvalue weighted by Gasteiger charge is 2.17. The van der Waals surface area contributed by atoms with Gasteiger partial charge in [-0.05, 0) is 55.4 Å². The fourth-order valence-electron chi connectivity index (χ4n) is 2.87. The number of nitriles is 1. The molecule has 3 rings (SSSR count). The Hall–Kier alpha value is -2.61. The number of aromatic nitrogens is 1. The van der Waals surface area contributed by atoms with Crippen molar-refractivity contribution in [3.8, 4) is 17.4 Å². The number of oxazole rings is 1. The quantitative estimate of drug-likeness (QED) is 0.582. The van der Waals surface area contributed by atoms with Crippen LogP contribution >= 0.6 is 11.6 Å². The van der Waals surface area contributed by atoms with E-state index < -0.39 is 0 Å². The van der Waals surface area contributed by atoms with Gasteiger partial charge in [0.2, 0.25) is 5.89 Å². The first-order chi connectivity index (χ1) is 12.6. The fraction of sp³-hybridized carbons (Fsp3) is 0.238. The zero-order valence-corrected chi connectivity index (χ0v) is 15.6. The molecule has 0 aliphatic rings. The zero-order valence-electron chi connectivity index (χ0n) is 14.8. The fourth-order valence-corrected chi connectivity index (χ4v) is 3.00. The molecule has 1 heterocycles. The first-order valence-corrected chi connectivity index (χ1v) is 8.93. The SMILES string of the molecule is CCN(Cc1ncc(-c2ccc(Cl)cc2)o1)C(C)c1ccc(C#N)cc1. The highest BCUT2D eigenvalue weighted by Crippen LogP contribution is 2.25. The predicted molar refractivity (Wildman–Crippen MR) is 103 cm³/mol. The van der Waals surface area contributed by atoms with Crippen molar-refractivity contribution < 1.29 is 4.42 Å². The van der Waals surface area contributed by atoms with Crippen molar-refractivity contribution in [1.29, 1.82) is 5.26 Å². The number of hydrogen-bond donors (Lipinski definition) is 0. The molecule has 2 aromatic carbocycles. The van der Waals surface area contributed by atoms with Gasteiger partial charge in [-0.15, -0.1) is 0 Å². The Morgan fingerprint density at radius 3 is 2.46 bits per heavy atom. The van der Waals surface area contributed by atoms with Gasteiger partial charge in [0, 0.05) is 16.6 Å². The van der Waals surface area contributed by atoms with Crippen LogP contribution in [0.5, 0.6) is 0 Å². The third-order valence-corrected chi connectivity index (χ3v) is 4.75. The molecule has 26 heavy (non-hydrogen) atoms. The Morgan fingerprint density at radius 1 is 1.15 bits per heavy atom. The molecule has 1 atom stereocenters. The van der Waals surface area contributed by atoms with Crippen molar-refractivity contribution in [2.75, 3.05) is 6.54 Å². The summed E-state index contributed by atoms with van der Waals surface area (Å²) in [6, 6.07) is 17.6. The van der Waals surface area contributed by atoms with Gasteiger partial charge in [0.15, 0.2) is 5.76 Å². The molecule has 132 valence electrons. The molecule has 0 saturated heterocycles. The van der Waals surface area contributed by atoms with Crippen LogP contribution < -0.4 is 0 Å². The standard InChI is InChI=1S/C21H20ClN3O/c1-3-25(15(2)17-6-4-16(12-23)5-7-17)14-21-24-13-20(26-21)18-8-10-19(22)11-9-18/h4-11,13,15H,3,14H2,1-2H3. The summed E-state index contributed by atoms with van der Waals surface area (Å²) >= 11 is 5.93. The third kappa shape index (κ3) is 4.13. The summed E-state index contributed by atoms with van der Waals surface area (Å²) in [6.45, 7) is 5.74. The van der Waals surface area contributed by atoms with Gasteiger partial charge in [-0.2, -0.15) is 5.26 Å². The monoisotopic (exact) mass is 365 g/mol. The summed E-state index contributed by atoms with van der Waals surface area (Å²) in [5.74, 6) is 1.41. The van der Waals surface area contributed by atoms with Gasteiger partial charge in [-0.3, -0.25) is 4.90 Å². The molecule has 0 saturated carbocycles. The molecule has 1 unspecified atom stereocenters. The second-order valence-electron chi connectivity index (χ2n) is 6.10. The highest BCUT2D eigenvalue weighted by atomic mass is 35.5. The maximum absolute atomic E-state index is 8.94. The Bertz CT molecular complexity index is 894. The summed E-state index contributed by atoms with van der Waals surface area (Å²) in [4.78, 5) is 6.70. The largest absolute Gasteiger partial charge is 0.439 e. The molecule has 0 N–H and O–H groups in total. The van der Waals surface area contributed by atoms with Crippen LogP contribution in [0, 0.1) is 11.3 Å². The highest BCUT2D eigenvalue weighted by molar-refractivity contribution is 6.30. The van der Waals surface area contributed by atoms with Crippen LogP contribution in [0.25, 0.3) is 11.3 Å². The van der Waals surface area contributed by atoms with Crippen LogP contribution in [-0.2, 0) is 6.54 Å². The lowest BCUT2D eigenvalue weighted by Gasteiger charge is -2.26. The number of rotatable bonds is 6. The first kappa shape index (κ1) is 18.2. The Kier molecular flexibility index (Phi) is 5.72. The zero-order chi connectivity index (χ0) is 18.5. The topological polar surface area (TPSA) is 53.1 Å². The summed E-state index contributed by atoms with van der Waals surface area (Å²) in [6.07, 6.45) is 1.75. The van der Waals surface area contributed by atoms with Gasteiger partial charge in [-0.1, -0.05) is 30.7 Å². The van der Waals surface area contributed by atoms with Gasteiger partial charge in [0.25, 0.3) is 0 Å². The van der Waals surface area contributed by atoms with E-state index in [1.165, 1.54) is 0 Å². The van der Waals surface area contributed by atoms with E-state index in [4.69, 9.17) is 21.3 Å². The molecule has 4 nitrogen and oxygen atoms in total.